The van der Waals surface area contributed by atoms with E-state index < -0.39 is 0 Å². The molecular weight excluding hydrogens is 314 g/mol. The van der Waals surface area contributed by atoms with Crippen molar-refractivity contribution in [2.75, 3.05) is 7.05 Å². The first kappa shape index (κ1) is 16.8. The Morgan fingerprint density at radius 2 is 1.15 bits per heavy atom. The third kappa shape index (κ3) is 3.11. The van der Waals surface area contributed by atoms with Gasteiger partial charge in [-0.15, -0.1) is 0 Å². The fourth-order valence-electron chi connectivity index (χ4n) is 4.28. The highest BCUT2D eigenvalue weighted by Crippen LogP contribution is 2.46. The number of likely N-dealkylation sites (N-methyl/N-ethyl adjacent to an activating group) is 1. The molecule has 3 aromatic carbocycles. The molecule has 1 heterocycles. The minimum atomic E-state index is 0.271. The third-order valence-corrected chi connectivity index (χ3v) is 5.57. The van der Waals surface area contributed by atoms with Gasteiger partial charge in [0, 0.05) is 12.0 Å². The Morgan fingerprint density at radius 3 is 1.73 bits per heavy atom. The molecule has 1 nitrogen and oxygen atoms in total. The highest BCUT2D eigenvalue weighted by atomic mass is 15.2. The Balaban J connectivity index is 1.84. The van der Waals surface area contributed by atoms with Crippen LogP contribution in [0.5, 0.6) is 0 Å². The van der Waals surface area contributed by atoms with Gasteiger partial charge in [-0.05, 0) is 29.3 Å². The molecular formula is C25H25N. The predicted octanol–water partition coefficient (Wildman–Crippen LogP) is 6.13. The quantitative estimate of drug-likeness (QED) is 0.554. The van der Waals surface area contributed by atoms with E-state index in [4.69, 9.17) is 0 Å². The molecule has 0 unspecified atom stereocenters. The fourth-order valence-corrected chi connectivity index (χ4v) is 4.28. The molecule has 3 atom stereocenters. The van der Waals surface area contributed by atoms with Gasteiger partial charge in [-0.25, -0.2) is 0 Å². The second-order valence-corrected chi connectivity index (χ2v) is 7.15. The smallest absolute Gasteiger partial charge is 0.0540 e. The van der Waals surface area contributed by atoms with Crippen LogP contribution in [0.15, 0.2) is 97.1 Å². The van der Waals surface area contributed by atoms with E-state index in [1.807, 2.05) is 0 Å². The van der Waals surface area contributed by atoms with E-state index in [1.54, 1.807) is 0 Å². The number of hydrogen-bond acceptors (Lipinski definition) is 1. The topological polar surface area (TPSA) is 3.24 Å². The van der Waals surface area contributed by atoms with E-state index in [1.165, 1.54) is 22.3 Å². The summed E-state index contributed by atoms with van der Waals surface area (Å²) in [4.78, 5) is 2.52. The summed E-state index contributed by atoms with van der Waals surface area (Å²) in [7, 11) is 2.25. The van der Waals surface area contributed by atoms with Gasteiger partial charge in [0.05, 0.1) is 6.04 Å². The summed E-state index contributed by atoms with van der Waals surface area (Å²) in [5.74, 6) is 0.421. The van der Waals surface area contributed by atoms with Crippen LogP contribution >= 0.6 is 0 Å². The van der Waals surface area contributed by atoms with Crippen LogP contribution in [0.1, 0.15) is 35.7 Å². The normalized spacial score (nSPS) is 23.5. The summed E-state index contributed by atoms with van der Waals surface area (Å²) in [5.41, 5.74) is 5.49. The molecule has 0 saturated heterocycles. The molecule has 0 aromatic heterocycles. The second-order valence-electron chi connectivity index (χ2n) is 7.15. The molecule has 1 aliphatic rings. The van der Waals surface area contributed by atoms with Crippen LogP contribution in [-0.2, 0) is 0 Å². The first-order valence-corrected chi connectivity index (χ1v) is 9.34. The van der Waals surface area contributed by atoms with Crippen molar-refractivity contribution in [3.05, 3.63) is 114 Å². The van der Waals surface area contributed by atoms with Crippen LogP contribution in [0.2, 0.25) is 0 Å². The lowest BCUT2D eigenvalue weighted by Gasteiger charge is -2.43. The summed E-state index contributed by atoms with van der Waals surface area (Å²) in [6.07, 6.45) is 2.45. The molecule has 1 heteroatoms. The third-order valence-electron chi connectivity index (χ3n) is 5.57. The second kappa shape index (κ2) is 7.31. The number of nitrogens with zero attached hydrogens (tertiary/aromatic N) is 1. The summed E-state index contributed by atoms with van der Waals surface area (Å²) >= 11 is 0. The van der Waals surface area contributed by atoms with E-state index >= 15 is 0 Å². The van der Waals surface area contributed by atoms with Crippen molar-refractivity contribution in [3.63, 3.8) is 0 Å². The molecule has 0 bridgehead atoms. The van der Waals surface area contributed by atoms with Gasteiger partial charge in [0.25, 0.3) is 0 Å². The van der Waals surface area contributed by atoms with Crippen LogP contribution in [0.3, 0.4) is 0 Å². The summed E-state index contributed by atoms with van der Waals surface area (Å²) < 4.78 is 0. The highest BCUT2D eigenvalue weighted by Gasteiger charge is 2.35. The number of hydrogen-bond donors (Lipinski definition) is 0. The average molecular weight is 339 g/mol. The van der Waals surface area contributed by atoms with E-state index in [0.29, 0.717) is 12.0 Å². The SMILES string of the molecule is C[C@@H]1C(c2ccccc2)=C[C@@H](c2ccccc2)N(C)[C@H]1c1ccccc1. The molecule has 1 aliphatic heterocycles. The molecule has 0 amide bonds. The Hall–Kier alpha value is -2.64. The van der Waals surface area contributed by atoms with Crippen molar-refractivity contribution in [3.8, 4) is 0 Å². The molecule has 0 spiro atoms. The summed E-state index contributed by atoms with van der Waals surface area (Å²) in [6, 6.07) is 33.2. The lowest BCUT2D eigenvalue weighted by molar-refractivity contribution is 0.162. The molecule has 3 aromatic rings. The molecule has 0 fully saturated rings. The first-order chi connectivity index (χ1) is 12.8. The van der Waals surface area contributed by atoms with Crippen molar-refractivity contribution in [1.29, 1.82) is 0 Å². The fraction of sp³-hybridized carbons (Fsp3) is 0.200. The van der Waals surface area contributed by atoms with Crippen molar-refractivity contribution in [2.45, 2.75) is 19.0 Å². The Labute approximate surface area is 156 Å². The zero-order chi connectivity index (χ0) is 17.9. The van der Waals surface area contributed by atoms with E-state index in [-0.39, 0.29) is 6.04 Å². The van der Waals surface area contributed by atoms with Crippen molar-refractivity contribution < 1.29 is 0 Å². The van der Waals surface area contributed by atoms with Crippen molar-refractivity contribution in [1.82, 2.24) is 4.90 Å². The first-order valence-electron chi connectivity index (χ1n) is 9.34. The molecule has 0 radical (unpaired) electrons. The molecule has 130 valence electrons. The van der Waals surface area contributed by atoms with Crippen LogP contribution in [0.4, 0.5) is 0 Å². The van der Waals surface area contributed by atoms with Gasteiger partial charge in [0.15, 0.2) is 0 Å². The Kier molecular flexibility index (Phi) is 4.73. The standard InChI is InChI=1S/C25H25N/c1-19-23(20-12-6-3-7-13-20)18-24(21-14-8-4-9-15-21)26(2)25(19)22-16-10-5-11-17-22/h3-19,24-25H,1-2H3/t19-,24+,25-/m1/s1. The summed E-state index contributed by atoms with van der Waals surface area (Å²) in [5, 5.41) is 0. The minimum Gasteiger partial charge on any atom is -0.288 e. The van der Waals surface area contributed by atoms with Gasteiger partial charge in [0.1, 0.15) is 0 Å². The highest BCUT2D eigenvalue weighted by molar-refractivity contribution is 5.70. The maximum Gasteiger partial charge on any atom is 0.0540 e. The van der Waals surface area contributed by atoms with Gasteiger partial charge >= 0.3 is 0 Å². The molecule has 0 N–H and O–H groups in total. The Bertz CT molecular complexity index is 868. The monoisotopic (exact) mass is 339 g/mol. The zero-order valence-electron chi connectivity index (χ0n) is 15.4. The van der Waals surface area contributed by atoms with Crippen LogP contribution < -0.4 is 0 Å². The van der Waals surface area contributed by atoms with Gasteiger partial charge in [-0.3, -0.25) is 4.90 Å². The van der Waals surface area contributed by atoms with Gasteiger partial charge in [0.2, 0.25) is 0 Å². The predicted molar refractivity (Wildman–Crippen MR) is 110 cm³/mol. The number of benzene rings is 3. The molecule has 0 aliphatic carbocycles. The maximum absolute atomic E-state index is 2.52. The van der Waals surface area contributed by atoms with Gasteiger partial charge in [-0.1, -0.05) is 104 Å². The minimum absolute atomic E-state index is 0.271. The molecule has 0 saturated carbocycles. The van der Waals surface area contributed by atoms with Crippen LogP contribution in [0, 0.1) is 5.92 Å². The van der Waals surface area contributed by atoms with E-state index in [2.05, 4.69) is 116 Å². The van der Waals surface area contributed by atoms with Crippen LogP contribution in [-0.4, -0.2) is 11.9 Å². The number of rotatable bonds is 3. The van der Waals surface area contributed by atoms with Gasteiger partial charge in [-0.2, -0.15) is 0 Å². The molecule has 26 heavy (non-hydrogen) atoms. The van der Waals surface area contributed by atoms with Crippen LogP contribution in [0.25, 0.3) is 5.57 Å². The molecule has 4 rings (SSSR count). The van der Waals surface area contributed by atoms with E-state index in [0.717, 1.165) is 0 Å². The largest absolute Gasteiger partial charge is 0.288 e. The average Bonchev–Trinajstić information content (AvgIpc) is 2.70. The maximum atomic E-state index is 2.52. The lowest BCUT2D eigenvalue weighted by atomic mass is 9.78. The van der Waals surface area contributed by atoms with Gasteiger partial charge < -0.3 is 0 Å². The Morgan fingerprint density at radius 1 is 0.654 bits per heavy atom. The van der Waals surface area contributed by atoms with Crippen molar-refractivity contribution in [2.24, 2.45) is 5.92 Å². The zero-order valence-corrected chi connectivity index (χ0v) is 15.4. The lowest BCUT2D eigenvalue weighted by Crippen LogP contribution is -2.36. The van der Waals surface area contributed by atoms with E-state index in [9.17, 15) is 0 Å². The summed E-state index contributed by atoms with van der Waals surface area (Å²) in [6.45, 7) is 2.36. The van der Waals surface area contributed by atoms with Crippen molar-refractivity contribution >= 4 is 5.57 Å².